The van der Waals surface area contributed by atoms with Crippen LogP contribution in [0.3, 0.4) is 0 Å². The van der Waals surface area contributed by atoms with Gasteiger partial charge in [-0.25, -0.2) is 8.78 Å². The van der Waals surface area contributed by atoms with E-state index >= 15 is 0 Å². The predicted octanol–water partition coefficient (Wildman–Crippen LogP) is 4.40. The number of nitrogens with one attached hydrogen (secondary N) is 1. The Morgan fingerprint density at radius 1 is 0.905 bits per heavy atom. The molecule has 2 aromatic carbocycles. The Bertz CT molecular complexity index is 494. The lowest BCUT2D eigenvalue weighted by Gasteiger charge is -2.18. The maximum atomic E-state index is 13.1. The third-order valence-corrected chi connectivity index (χ3v) is 4.48. The van der Waals surface area contributed by atoms with Gasteiger partial charge in [0.1, 0.15) is 11.6 Å². The van der Waals surface area contributed by atoms with E-state index in [4.69, 9.17) is 0 Å². The van der Waals surface area contributed by atoms with Gasteiger partial charge in [0.15, 0.2) is 0 Å². The van der Waals surface area contributed by atoms with Crippen molar-refractivity contribution in [2.24, 2.45) is 0 Å². The first-order chi connectivity index (χ1) is 10.2. The van der Waals surface area contributed by atoms with E-state index in [0.29, 0.717) is 0 Å². The predicted molar refractivity (Wildman–Crippen MR) is 85.6 cm³/mol. The van der Waals surface area contributed by atoms with Crippen LogP contribution in [0.5, 0.6) is 0 Å². The fourth-order valence-corrected chi connectivity index (χ4v) is 3.28. The van der Waals surface area contributed by atoms with Crippen LogP contribution in [0.2, 0.25) is 0 Å². The summed E-state index contributed by atoms with van der Waals surface area (Å²) in [7, 11) is 0. The highest BCUT2D eigenvalue weighted by molar-refractivity contribution is 7.99. The average molecular weight is 307 g/mol. The van der Waals surface area contributed by atoms with Crippen LogP contribution in [0, 0.1) is 11.6 Å². The summed E-state index contributed by atoms with van der Waals surface area (Å²) in [5.41, 5.74) is 2.06. The van der Waals surface area contributed by atoms with E-state index in [9.17, 15) is 8.78 Å². The van der Waals surface area contributed by atoms with Crippen LogP contribution in [0.1, 0.15) is 23.3 Å². The van der Waals surface area contributed by atoms with Crippen LogP contribution in [-0.2, 0) is 0 Å². The first-order valence-corrected chi connectivity index (χ1v) is 8.09. The molecule has 0 unspecified atom stereocenters. The molecule has 4 heteroatoms. The number of halogens is 2. The smallest absolute Gasteiger partial charge is 0.123 e. The molecule has 2 rings (SSSR count). The number of hydrogen-bond donors (Lipinski definition) is 1. The molecule has 112 valence electrons. The Morgan fingerprint density at radius 2 is 1.38 bits per heavy atom. The molecule has 0 radical (unpaired) electrons. The quantitative estimate of drug-likeness (QED) is 0.761. The van der Waals surface area contributed by atoms with Crippen LogP contribution in [0.4, 0.5) is 8.78 Å². The van der Waals surface area contributed by atoms with E-state index in [1.807, 2.05) is 0 Å². The standard InChI is InChI=1S/C17H19F2NS/c1-2-20-11-12-21-17(13-3-7-15(18)8-4-13)14-5-9-16(19)10-6-14/h3-10,17,20H,2,11-12H2,1H3. The Balaban J connectivity index is 2.17. The van der Waals surface area contributed by atoms with Gasteiger partial charge in [0, 0.05) is 12.3 Å². The molecule has 21 heavy (non-hydrogen) atoms. The van der Waals surface area contributed by atoms with E-state index in [-0.39, 0.29) is 16.9 Å². The van der Waals surface area contributed by atoms with Crippen molar-refractivity contribution < 1.29 is 8.78 Å². The van der Waals surface area contributed by atoms with Gasteiger partial charge in [0.25, 0.3) is 0 Å². The minimum atomic E-state index is -0.241. The van der Waals surface area contributed by atoms with Gasteiger partial charge in [-0.3, -0.25) is 0 Å². The van der Waals surface area contributed by atoms with Crippen LogP contribution in [0.25, 0.3) is 0 Å². The molecule has 0 saturated heterocycles. The second kappa shape index (κ2) is 8.15. The van der Waals surface area contributed by atoms with Crippen molar-refractivity contribution in [1.29, 1.82) is 0 Å². The van der Waals surface area contributed by atoms with E-state index in [2.05, 4.69) is 12.2 Å². The van der Waals surface area contributed by atoms with Crippen LogP contribution >= 0.6 is 11.8 Å². The molecular formula is C17H19F2NS. The fraction of sp³-hybridized carbons (Fsp3) is 0.294. The molecule has 1 nitrogen and oxygen atoms in total. The summed E-state index contributed by atoms with van der Waals surface area (Å²) < 4.78 is 26.2. The van der Waals surface area contributed by atoms with Crippen molar-refractivity contribution in [2.45, 2.75) is 12.2 Å². The minimum Gasteiger partial charge on any atom is -0.316 e. The van der Waals surface area contributed by atoms with Crippen molar-refractivity contribution >= 4 is 11.8 Å². The van der Waals surface area contributed by atoms with Crippen molar-refractivity contribution in [3.05, 3.63) is 71.3 Å². The van der Waals surface area contributed by atoms with Crippen LogP contribution in [0.15, 0.2) is 48.5 Å². The first kappa shape index (κ1) is 16.0. The van der Waals surface area contributed by atoms with Crippen molar-refractivity contribution in [1.82, 2.24) is 5.32 Å². The molecule has 0 aliphatic heterocycles. The molecule has 0 amide bonds. The van der Waals surface area contributed by atoms with E-state index in [1.165, 1.54) is 24.3 Å². The molecular weight excluding hydrogens is 288 g/mol. The summed E-state index contributed by atoms with van der Waals surface area (Å²) in [5, 5.41) is 3.37. The highest BCUT2D eigenvalue weighted by Gasteiger charge is 2.14. The lowest BCUT2D eigenvalue weighted by Crippen LogP contribution is -2.16. The van der Waals surface area contributed by atoms with Gasteiger partial charge in [-0.1, -0.05) is 31.2 Å². The molecule has 0 saturated carbocycles. The van der Waals surface area contributed by atoms with Gasteiger partial charge >= 0.3 is 0 Å². The molecule has 0 heterocycles. The first-order valence-electron chi connectivity index (χ1n) is 7.04. The molecule has 0 bridgehead atoms. The topological polar surface area (TPSA) is 12.0 Å². The Labute approximate surface area is 128 Å². The SMILES string of the molecule is CCNCCSC(c1ccc(F)cc1)c1ccc(F)cc1. The van der Waals surface area contributed by atoms with E-state index in [1.54, 1.807) is 36.0 Å². The van der Waals surface area contributed by atoms with E-state index < -0.39 is 0 Å². The Kier molecular flexibility index (Phi) is 6.21. The van der Waals surface area contributed by atoms with E-state index in [0.717, 1.165) is 30.0 Å². The van der Waals surface area contributed by atoms with Crippen molar-refractivity contribution in [3.63, 3.8) is 0 Å². The van der Waals surface area contributed by atoms with Crippen LogP contribution in [-0.4, -0.2) is 18.8 Å². The molecule has 2 aromatic rings. The summed E-state index contributed by atoms with van der Waals surface area (Å²) in [5.74, 6) is 0.455. The maximum Gasteiger partial charge on any atom is 0.123 e. The highest BCUT2D eigenvalue weighted by atomic mass is 32.2. The third-order valence-electron chi connectivity index (χ3n) is 3.16. The second-order valence-corrected chi connectivity index (χ2v) is 5.92. The van der Waals surface area contributed by atoms with Gasteiger partial charge in [0.05, 0.1) is 5.25 Å². The largest absolute Gasteiger partial charge is 0.316 e. The highest BCUT2D eigenvalue weighted by Crippen LogP contribution is 2.35. The number of benzene rings is 2. The van der Waals surface area contributed by atoms with Gasteiger partial charge in [0.2, 0.25) is 0 Å². The molecule has 0 fully saturated rings. The van der Waals surface area contributed by atoms with Gasteiger partial charge in [-0.05, 0) is 41.9 Å². The minimum absolute atomic E-state index is 0.0878. The van der Waals surface area contributed by atoms with Gasteiger partial charge < -0.3 is 5.32 Å². The fourth-order valence-electron chi connectivity index (χ4n) is 2.09. The van der Waals surface area contributed by atoms with Crippen molar-refractivity contribution in [3.8, 4) is 0 Å². The maximum absolute atomic E-state index is 13.1. The zero-order chi connectivity index (χ0) is 15.1. The van der Waals surface area contributed by atoms with Gasteiger partial charge in [-0.2, -0.15) is 0 Å². The second-order valence-electron chi connectivity index (χ2n) is 4.71. The molecule has 1 N–H and O–H groups in total. The van der Waals surface area contributed by atoms with Crippen molar-refractivity contribution in [2.75, 3.05) is 18.8 Å². The average Bonchev–Trinajstić information content (AvgIpc) is 2.50. The lowest BCUT2D eigenvalue weighted by molar-refractivity contribution is 0.626. The summed E-state index contributed by atoms with van der Waals surface area (Å²) in [6.07, 6.45) is 0. The molecule has 0 aliphatic carbocycles. The summed E-state index contributed by atoms with van der Waals surface area (Å²) >= 11 is 1.77. The molecule has 0 spiro atoms. The number of thioether (sulfide) groups is 1. The zero-order valence-corrected chi connectivity index (χ0v) is 12.8. The Hall–Kier alpha value is -1.39. The molecule has 0 atom stereocenters. The zero-order valence-electron chi connectivity index (χ0n) is 12.0. The normalized spacial score (nSPS) is 11.0. The van der Waals surface area contributed by atoms with Crippen LogP contribution < -0.4 is 5.32 Å². The third kappa shape index (κ3) is 4.83. The lowest BCUT2D eigenvalue weighted by atomic mass is 10.0. The number of rotatable bonds is 7. The summed E-state index contributed by atoms with van der Waals surface area (Å²) in [6.45, 7) is 3.93. The molecule has 0 aliphatic rings. The summed E-state index contributed by atoms with van der Waals surface area (Å²) in [6, 6.07) is 13.1. The Morgan fingerprint density at radius 3 is 1.81 bits per heavy atom. The van der Waals surface area contributed by atoms with Gasteiger partial charge in [-0.15, -0.1) is 11.8 Å². The number of hydrogen-bond acceptors (Lipinski definition) is 2. The molecule has 0 aromatic heterocycles. The summed E-state index contributed by atoms with van der Waals surface area (Å²) in [4.78, 5) is 0. The monoisotopic (exact) mass is 307 g/mol.